The first kappa shape index (κ1) is 28.5. The number of rotatable bonds is 11. The fourth-order valence-electron chi connectivity index (χ4n) is 4.30. The zero-order valence-electron chi connectivity index (χ0n) is 22.5. The largest absolute Gasteiger partial charge is 0.497 e. The molecule has 1 aromatic carbocycles. The van der Waals surface area contributed by atoms with Crippen LogP contribution in [0.25, 0.3) is 0 Å². The van der Waals surface area contributed by atoms with Gasteiger partial charge in [0.2, 0.25) is 0 Å². The first-order valence-corrected chi connectivity index (χ1v) is 13.6. The van der Waals surface area contributed by atoms with Crippen molar-refractivity contribution < 1.29 is 27.2 Å². The molecule has 1 N–H and O–H groups in total. The molecule has 1 atom stereocenters. The third-order valence-corrected chi connectivity index (χ3v) is 7.40. The summed E-state index contributed by atoms with van der Waals surface area (Å²) in [6, 6.07) is 6.04. The lowest BCUT2D eigenvalue weighted by molar-refractivity contribution is -0.138. The number of aryl methyl sites for hydroxylation is 1. The van der Waals surface area contributed by atoms with Crippen LogP contribution in [0, 0.1) is 6.92 Å². The van der Waals surface area contributed by atoms with E-state index in [1.807, 2.05) is 13.1 Å². The SMILES string of the molecule is COc1ccc(Cn2ncc(NC(C)COCc3nc(C4CN(c5ncc(C)s5)C4)no3)c(C(F)(F)F)c2=O)cc1. The first-order valence-electron chi connectivity index (χ1n) is 12.7. The van der Waals surface area contributed by atoms with Crippen molar-refractivity contribution in [3.63, 3.8) is 0 Å². The Hall–Kier alpha value is -3.98. The monoisotopic (exact) mass is 591 g/mol. The lowest BCUT2D eigenvalue weighted by atomic mass is 10.0. The minimum atomic E-state index is -4.89. The predicted molar refractivity (Wildman–Crippen MR) is 144 cm³/mol. The molecule has 0 saturated carbocycles. The van der Waals surface area contributed by atoms with Crippen molar-refractivity contribution in [1.82, 2.24) is 24.9 Å². The Balaban J connectivity index is 1.15. The van der Waals surface area contributed by atoms with Crippen LogP contribution in [-0.2, 0) is 24.1 Å². The molecule has 41 heavy (non-hydrogen) atoms. The van der Waals surface area contributed by atoms with Crippen LogP contribution in [0.1, 0.15) is 40.6 Å². The molecule has 1 fully saturated rings. The van der Waals surface area contributed by atoms with Crippen LogP contribution in [0.5, 0.6) is 5.75 Å². The van der Waals surface area contributed by atoms with Gasteiger partial charge in [-0.2, -0.15) is 23.3 Å². The van der Waals surface area contributed by atoms with Crippen LogP contribution in [0.3, 0.4) is 0 Å². The zero-order chi connectivity index (χ0) is 29.1. The molecule has 1 saturated heterocycles. The summed E-state index contributed by atoms with van der Waals surface area (Å²) in [7, 11) is 1.50. The second-order valence-electron chi connectivity index (χ2n) is 9.70. The average molecular weight is 592 g/mol. The van der Waals surface area contributed by atoms with Gasteiger partial charge in [0, 0.05) is 30.2 Å². The minimum absolute atomic E-state index is 0.00500. The van der Waals surface area contributed by atoms with E-state index in [2.05, 4.69) is 30.4 Å². The molecule has 3 aromatic heterocycles. The molecule has 0 radical (unpaired) electrons. The van der Waals surface area contributed by atoms with Gasteiger partial charge in [-0.15, -0.1) is 11.3 Å². The van der Waals surface area contributed by atoms with Gasteiger partial charge in [0.05, 0.1) is 38.1 Å². The molecule has 0 amide bonds. The maximum absolute atomic E-state index is 13.9. The van der Waals surface area contributed by atoms with E-state index in [1.165, 1.54) is 7.11 Å². The molecule has 11 nitrogen and oxygen atoms in total. The van der Waals surface area contributed by atoms with Crippen molar-refractivity contribution in [2.45, 2.75) is 45.1 Å². The topological polar surface area (TPSA) is 120 Å². The van der Waals surface area contributed by atoms with Crippen molar-refractivity contribution in [3.05, 3.63) is 74.7 Å². The number of anilines is 2. The zero-order valence-corrected chi connectivity index (χ0v) is 23.3. The van der Waals surface area contributed by atoms with Crippen molar-refractivity contribution in [1.29, 1.82) is 0 Å². The maximum atomic E-state index is 13.9. The fourth-order valence-corrected chi connectivity index (χ4v) is 5.08. The summed E-state index contributed by atoms with van der Waals surface area (Å²) in [5.41, 5.74) is -2.39. The Kier molecular flexibility index (Phi) is 8.26. The maximum Gasteiger partial charge on any atom is 0.423 e. The molecule has 0 bridgehead atoms. The number of aromatic nitrogens is 5. The number of alkyl halides is 3. The molecular formula is C26H28F3N7O4S. The molecule has 0 spiro atoms. The number of benzene rings is 1. The Bertz CT molecular complexity index is 1530. The van der Waals surface area contributed by atoms with Gasteiger partial charge in [0.25, 0.3) is 11.4 Å². The summed E-state index contributed by atoms with van der Waals surface area (Å²) >= 11 is 1.63. The fraction of sp³-hybridized carbons (Fsp3) is 0.423. The molecule has 15 heteroatoms. The number of ether oxygens (including phenoxy) is 2. The van der Waals surface area contributed by atoms with Gasteiger partial charge >= 0.3 is 6.18 Å². The third kappa shape index (κ3) is 6.68. The second kappa shape index (κ2) is 11.9. The van der Waals surface area contributed by atoms with E-state index >= 15 is 0 Å². The van der Waals surface area contributed by atoms with Crippen LogP contribution < -0.4 is 20.5 Å². The molecule has 218 valence electrons. The Morgan fingerprint density at radius 3 is 2.63 bits per heavy atom. The number of hydrogen-bond donors (Lipinski definition) is 1. The number of methoxy groups -OCH3 is 1. The van der Waals surface area contributed by atoms with Gasteiger partial charge in [-0.05, 0) is 31.5 Å². The highest BCUT2D eigenvalue weighted by Gasteiger charge is 2.38. The Labute approximate surface area is 236 Å². The quantitative estimate of drug-likeness (QED) is 0.273. The lowest BCUT2D eigenvalue weighted by Gasteiger charge is -2.37. The average Bonchev–Trinajstić information content (AvgIpc) is 3.53. The van der Waals surface area contributed by atoms with E-state index < -0.39 is 29.0 Å². The van der Waals surface area contributed by atoms with Crippen molar-refractivity contribution >= 4 is 22.2 Å². The third-order valence-electron chi connectivity index (χ3n) is 6.42. The van der Waals surface area contributed by atoms with Crippen LogP contribution in [0.4, 0.5) is 24.0 Å². The lowest BCUT2D eigenvalue weighted by Crippen LogP contribution is -2.45. The summed E-state index contributed by atoms with van der Waals surface area (Å²) in [5.74, 6) is 1.56. The van der Waals surface area contributed by atoms with Gasteiger partial charge < -0.3 is 24.2 Å². The summed E-state index contributed by atoms with van der Waals surface area (Å²) in [6.07, 6.45) is -2.05. The van der Waals surface area contributed by atoms with E-state index in [0.29, 0.717) is 17.1 Å². The van der Waals surface area contributed by atoms with Crippen molar-refractivity contribution in [2.75, 3.05) is 37.0 Å². The molecule has 4 aromatic rings. The smallest absolute Gasteiger partial charge is 0.423 e. The highest BCUT2D eigenvalue weighted by molar-refractivity contribution is 7.15. The normalized spacial score (nSPS) is 14.6. The number of nitrogens with one attached hydrogen (secondary N) is 1. The minimum Gasteiger partial charge on any atom is -0.497 e. The second-order valence-corrected chi connectivity index (χ2v) is 10.9. The van der Waals surface area contributed by atoms with Gasteiger partial charge in [-0.25, -0.2) is 9.67 Å². The Morgan fingerprint density at radius 1 is 1.22 bits per heavy atom. The highest BCUT2D eigenvalue weighted by Crippen LogP contribution is 2.33. The van der Waals surface area contributed by atoms with E-state index in [9.17, 15) is 18.0 Å². The van der Waals surface area contributed by atoms with Crippen LogP contribution in [-0.4, -0.2) is 57.8 Å². The van der Waals surface area contributed by atoms with Crippen LogP contribution >= 0.6 is 11.3 Å². The molecule has 1 aliphatic rings. The van der Waals surface area contributed by atoms with Crippen LogP contribution in [0.2, 0.25) is 0 Å². The molecule has 4 heterocycles. The van der Waals surface area contributed by atoms with Gasteiger partial charge in [-0.3, -0.25) is 4.79 Å². The predicted octanol–water partition coefficient (Wildman–Crippen LogP) is 4.09. The van der Waals surface area contributed by atoms with Crippen molar-refractivity contribution in [2.24, 2.45) is 0 Å². The highest BCUT2D eigenvalue weighted by atomic mass is 32.1. The molecule has 5 rings (SSSR count). The number of nitrogens with zero attached hydrogens (tertiary/aromatic N) is 6. The van der Waals surface area contributed by atoms with Crippen molar-refractivity contribution in [3.8, 4) is 5.75 Å². The molecular weight excluding hydrogens is 563 g/mol. The van der Waals surface area contributed by atoms with Gasteiger partial charge in [0.15, 0.2) is 11.0 Å². The molecule has 1 aliphatic heterocycles. The summed E-state index contributed by atoms with van der Waals surface area (Å²) in [5, 5.41) is 11.7. The standard InChI is InChI=1S/C26H28F3N7O4S/c1-15(13-39-14-21-33-23(34-40-21)18-11-35(12-18)25-30-8-16(2)41-25)32-20-9-31-36(24(37)22(20)26(27,28)29)10-17-4-6-19(38-3)7-5-17/h4-9,15,18,32H,10-14H2,1-3H3. The summed E-state index contributed by atoms with van der Waals surface area (Å²) < 4.78 is 58.5. The molecule has 0 aliphatic carbocycles. The molecule has 1 unspecified atom stereocenters. The van der Waals surface area contributed by atoms with Gasteiger partial charge in [0.1, 0.15) is 17.9 Å². The number of halogens is 3. The van der Waals surface area contributed by atoms with E-state index in [4.69, 9.17) is 14.0 Å². The van der Waals surface area contributed by atoms with Crippen LogP contribution in [0.15, 0.2) is 46.0 Å². The Morgan fingerprint density at radius 2 is 1.98 bits per heavy atom. The number of thiazole rings is 1. The summed E-state index contributed by atoms with van der Waals surface area (Å²) in [6.45, 7) is 5.00. The van der Waals surface area contributed by atoms with Gasteiger partial charge in [-0.1, -0.05) is 17.3 Å². The van der Waals surface area contributed by atoms with E-state index in [-0.39, 0.29) is 31.6 Å². The first-order chi connectivity index (χ1) is 19.6. The summed E-state index contributed by atoms with van der Waals surface area (Å²) in [4.78, 5) is 24.8. The van der Waals surface area contributed by atoms with E-state index in [0.717, 1.165) is 34.0 Å². The number of hydrogen-bond acceptors (Lipinski definition) is 11. The van der Waals surface area contributed by atoms with E-state index in [1.54, 1.807) is 42.5 Å².